The average Bonchev–Trinajstić information content (AvgIpc) is 1.99. The van der Waals surface area contributed by atoms with Crippen LogP contribution in [0, 0.1) is 5.82 Å². The van der Waals surface area contributed by atoms with E-state index in [1.54, 1.807) is 0 Å². The lowest BCUT2D eigenvalue weighted by molar-refractivity contribution is -0.129. The summed E-state index contributed by atoms with van der Waals surface area (Å²) in [7, 11) is 0. The second kappa shape index (κ2) is 4.74. The predicted molar refractivity (Wildman–Crippen MR) is 52.2 cm³/mol. The van der Waals surface area contributed by atoms with Gasteiger partial charge in [-0.15, -0.1) is 11.8 Å². The number of rotatable bonds is 3. The molecule has 0 atom stereocenters. The second-order valence-electron chi connectivity index (χ2n) is 2.93. The molecule has 6 heteroatoms. The summed E-state index contributed by atoms with van der Waals surface area (Å²) in [6.07, 6.45) is -5.07. The molecule has 1 rings (SSSR count). The fraction of sp³-hybridized carbons (Fsp3) is 0.333. The van der Waals surface area contributed by atoms with E-state index in [1.165, 1.54) is 6.07 Å². The number of halogens is 4. The fourth-order valence-corrected chi connectivity index (χ4v) is 1.94. The first-order valence-electron chi connectivity index (χ1n) is 4.12. The van der Waals surface area contributed by atoms with Crippen molar-refractivity contribution in [1.82, 2.24) is 0 Å². The molecule has 0 aromatic heterocycles. The summed E-state index contributed by atoms with van der Waals surface area (Å²) < 4.78 is 48.2. The molecule has 0 bridgehead atoms. The Labute approximate surface area is 88.7 Å². The van der Waals surface area contributed by atoms with Crippen LogP contribution >= 0.6 is 11.8 Å². The van der Waals surface area contributed by atoms with E-state index in [4.69, 9.17) is 5.73 Å². The van der Waals surface area contributed by atoms with E-state index in [1.807, 2.05) is 0 Å². The lowest BCUT2D eigenvalue weighted by Gasteiger charge is -2.06. The molecule has 15 heavy (non-hydrogen) atoms. The Morgan fingerprint density at radius 2 is 1.87 bits per heavy atom. The Morgan fingerprint density at radius 3 is 2.40 bits per heavy atom. The zero-order chi connectivity index (χ0) is 11.5. The van der Waals surface area contributed by atoms with Gasteiger partial charge in [0.15, 0.2) is 0 Å². The third kappa shape index (κ3) is 4.92. The van der Waals surface area contributed by atoms with E-state index in [0.29, 0.717) is 4.90 Å². The largest absolute Gasteiger partial charge is 0.399 e. The van der Waals surface area contributed by atoms with Crippen LogP contribution in [0.4, 0.5) is 23.2 Å². The third-order valence-electron chi connectivity index (χ3n) is 1.55. The first-order valence-corrected chi connectivity index (χ1v) is 5.11. The standard InChI is InChI=1S/C9H9F4NS/c10-6-3-7(14)5-8(4-6)15-2-1-9(11,12)13/h3-5H,1-2,14H2. The van der Waals surface area contributed by atoms with E-state index in [9.17, 15) is 17.6 Å². The van der Waals surface area contributed by atoms with Crippen molar-refractivity contribution in [2.75, 3.05) is 11.5 Å². The molecule has 0 radical (unpaired) electrons. The molecule has 0 aliphatic heterocycles. The van der Waals surface area contributed by atoms with Crippen LogP contribution in [0.1, 0.15) is 6.42 Å². The second-order valence-corrected chi connectivity index (χ2v) is 4.10. The summed E-state index contributed by atoms with van der Waals surface area (Å²) >= 11 is 0.936. The Morgan fingerprint density at radius 1 is 1.20 bits per heavy atom. The maximum atomic E-state index is 12.8. The van der Waals surface area contributed by atoms with Gasteiger partial charge in [0, 0.05) is 16.3 Å². The first kappa shape index (κ1) is 12.2. The van der Waals surface area contributed by atoms with E-state index in [2.05, 4.69) is 0 Å². The minimum absolute atomic E-state index is 0.133. The molecule has 0 spiro atoms. The Kier molecular flexibility index (Phi) is 3.84. The summed E-state index contributed by atoms with van der Waals surface area (Å²) in [6, 6.07) is 3.73. The van der Waals surface area contributed by atoms with Crippen LogP contribution in [-0.2, 0) is 0 Å². The Hall–Kier alpha value is -0.910. The van der Waals surface area contributed by atoms with Crippen molar-refractivity contribution in [1.29, 1.82) is 0 Å². The van der Waals surface area contributed by atoms with Crippen molar-refractivity contribution in [2.24, 2.45) is 0 Å². The molecular weight excluding hydrogens is 230 g/mol. The van der Waals surface area contributed by atoms with Crippen LogP contribution in [0.25, 0.3) is 0 Å². The van der Waals surface area contributed by atoms with E-state index in [-0.39, 0.29) is 11.4 Å². The smallest absolute Gasteiger partial charge is 0.389 e. The van der Waals surface area contributed by atoms with E-state index in [0.717, 1.165) is 23.9 Å². The topological polar surface area (TPSA) is 26.0 Å². The molecule has 1 aromatic carbocycles. The molecule has 0 fully saturated rings. The molecule has 0 heterocycles. The molecule has 84 valence electrons. The number of nitrogens with two attached hydrogens (primary N) is 1. The van der Waals surface area contributed by atoms with Crippen LogP contribution in [0.5, 0.6) is 0 Å². The number of hydrogen-bond donors (Lipinski definition) is 1. The minimum atomic E-state index is -4.17. The summed E-state index contributed by atoms with van der Waals surface area (Å²) in [5.74, 6) is -0.670. The highest BCUT2D eigenvalue weighted by Crippen LogP contribution is 2.27. The quantitative estimate of drug-likeness (QED) is 0.496. The fourth-order valence-electron chi connectivity index (χ4n) is 0.952. The van der Waals surface area contributed by atoms with Crippen LogP contribution in [0.3, 0.4) is 0 Å². The third-order valence-corrected chi connectivity index (χ3v) is 2.53. The van der Waals surface area contributed by atoms with E-state index >= 15 is 0 Å². The molecule has 0 unspecified atom stereocenters. The first-order chi connectivity index (χ1) is 6.87. The lowest BCUT2D eigenvalue weighted by Crippen LogP contribution is -2.07. The number of alkyl halides is 3. The average molecular weight is 239 g/mol. The van der Waals surface area contributed by atoms with Crippen molar-refractivity contribution in [3.63, 3.8) is 0 Å². The van der Waals surface area contributed by atoms with Crippen molar-refractivity contribution in [2.45, 2.75) is 17.5 Å². The molecular formula is C9H9F4NS. The van der Waals surface area contributed by atoms with Gasteiger partial charge in [-0.05, 0) is 18.2 Å². The molecule has 0 aliphatic carbocycles. The van der Waals surface area contributed by atoms with Crippen molar-refractivity contribution in [3.8, 4) is 0 Å². The number of nitrogen functional groups attached to an aromatic ring is 1. The van der Waals surface area contributed by atoms with Gasteiger partial charge in [-0.2, -0.15) is 13.2 Å². The molecule has 0 saturated heterocycles. The van der Waals surface area contributed by atoms with Gasteiger partial charge in [-0.1, -0.05) is 0 Å². The van der Waals surface area contributed by atoms with Gasteiger partial charge in [0.05, 0.1) is 6.42 Å². The van der Waals surface area contributed by atoms with E-state index < -0.39 is 18.4 Å². The number of anilines is 1. The Bertz CT molecular complexity index is 317. The van der Waals surface area contributed by atoms with Crippen molar-refractivity contribution in [3.05, 3.63) is 24.0 Å². The maximum Gasteiger partial charge on any atom is 0.389 e. The molecule has 2 N–H and O–H groups in total. The number of hydrogen-bond acceptors (Lipinski definition) is 2. The lowest BCUT2D eigenvalue weighted by atomic mass is 10.3. The number of benzene rings is 1. The summed E-state index contributed by atoms with van der Waals surface area (Å²) in [4.78, 5) is 0.414. The molecule has 1 aromatic rings. The summed E-state index contributed by atoms with van der Waals surface area (Å²) in [5.41, 5.74) is 5.55. The highest BCUT2D eigenvalue weighted by atomic mass is 32.2. The van der Waals surface area contributed by atoms with Crippen LogP contribution in [0.15, 0.2) is 23.1 Å². The highest BCUT2D eigenvalue weighted by Gasteiger charge is 2.26. The van der Waals surface area contributed by atoms with Crippen LogP contribution in [0.2, 0.25) is 0 Å². The van der Waals surface area contributed by atoms with Gasteiger partial charge < -0.3 is 5.73 Å². The van der Waals surface area contributed by atoms with Gasteiger partial charge in [0.25, 0.3) is 0 Å². The van der Waals surface area contributed by atoms with Gasteiger partial charge in [0.1, 0.15) is 5.82 Å². The zero-order valence-corrected chi connectivity index (χ0v) is 8.46. The van der Waals surface area contributed by atoms with Crippen molar-refractivity contribution < 1.29 is 17.6 Å². The predicted octanol–water partition coefficient (Wildman–Crippen LogP) is 3.45. The molecule has 0 saturated carbocycles. The normalized spacial score (nSPS) is 11.7. The molecule has 0 amide bonds. The molecule has 1 nitrogen and oxygen atoms in total. The van der Waals surface area contributed by atoms with Gasteiger partial charge >= 0.3 is 6.18 Å². The van der Waals surface area contributed by atoms with Crippen LogP contribution < -0.4 is 5.73 Å². The van der Waals surface area contributed by atoms with Gasteiger partial charge in [-0.25, -0.2) is 4.39 Å². The summed E-state index contributed by atoms with van der Waals surface area (Å²) in [5, 5.41) is 0. The maximum absolute atomic E-state index is 12.8. The van der Waals surface area contributed by atoms with Crippen molar-refractivity contribution >= 4 is 17.4 Å². The van der Waals surface area contributed by atoms with Gasteiger partial charge in [-0.3, -0.25) is 0 Å². The van der Waals surface area contributed by atoms with Gasteiger partial charge in [0.2, 0.25) is 0 Å². The minimum Gasteiger partial charge on any atom is -0.399 e. The van der Waals surface area contributed by atoms with Crippen LogP contribution in [-0.4, -0.2) is 11.9 Å². The SMILES string of the molecule is Nc1cc(F)cc(SCCC(F)(F)F)c1. The zero-order valence-electron chi connectivity index (χ0n) is 7.64. The molecule has 0 aliphatic rings. The number of thioether (sulfide) groups is 1. The highest BCUT2D eigenvalue weighted by molar-refractivity contribution is 7.99. The summed E-state index contributed by atoms with van der Waals surface area (Å²) in [6.45, 7) is 0. The monoisotopic (exact) mass is 239 g/mol. The Balaban J connectivity index is 2.51.